The van der Waals surface area contributed by atoms with Crippen molar-refractivity contribution in [3.63, 3.8) is 0 Å². The van der Waals surface area contributed by atoms with Crippen molar-refractivity contribution in [2.24, 2.45) is 13.0 Å². The van der Waals surface area contributed by atoms with Crippen LogP contribution in [0.2, 0.25) is 0 Å². The van der Waals surface area contributed by atoms with Gasteiger partial charge in [0.15, 0.2) is 0 Å². The molecule has 0 saturated heterocycles. The smallest absolute Gasteiger partial charge is 0.381 e. The van der Waals surface area contributed by atoms with Gasteiger partial charge in [0.2, 0.25) is 0 Å². The van der Waals surface area contributed by atoms with Crippen molar-refractivity contribution in [3.05, 3.63) is 76.4 Å². The number of benzene rings is 2. The van der Waals surface area contributed by atoms with Gasteiger partial charge in [0.25, 0.3) is 5.91 Å². The fourth-order valence-electron chi connectivity index (χ4n) is 5.89. The maximum atomic E-state index is 14.1. The van der Waals surface area contributed by atoms with Gasteiger partial charge in [-0.25, -0.2) is 0 Å². The van der Waals surface area contributed by atoms with Crippen LogP contribution in [-0.2, 0) is 36.5 Å². The Kier molecular flexibility index (Phi) is 6.07. The molecule has 3 aliphatic rings. The number of hydrogen-bond acceptors (Lipinski definition) is 5. The number of carbonyl (C=O) groups is 1. The van der Waals surface area contributed by atoms with E-state index in [1.807, 2.05) is 29.8 Å². The molecule has 0 unspecified atom stereocenters. The molecule has 6 rings (SSSR count). The van der Waals surface area contributed by atoms with E-state index in [0.29, 0.717) is 36.6 Å². The van der Waals surface area contributed by atoms with Crippen LogP contribution >= 0.6 is 0 Å². The molecule has 0 spiro atoms. The molecule has 2 heterocycles. The van der Waals surface area contributed by atoms with Crippen LogP contribution in [0.15, 0.2) is 42.7 Å². The zero-order chi connectivity index (χ0) is 26.7. The molecule has 38 heavy (non-hydrogen) atoms. The molecule has 2 saturated carbocycles. The van der Waals surface area contributed by atoms with Crippen LogP contribution in [0.5, 0.6) is 0 Å². The minimum Gasteiger partial charge on any atom is -0.381 e. The molecule has 2 fully saturated rings. The summed E-state index contributed by atoms with van der Waals surface area (Å²) in [5, 5.41) is 11.7. The molecule has 1 aromatic heterocycles. The standard InChI is InChI=1S/C28H30F3N5O2/c1-35-16-33-34-26(35)27(11-21(12-27)38-2)19-4-3-5-20(10-19)36-15-23-22(25(36)37)8-18(9-24(23)28(29,30)31)14-32-13-17-6-7-17/h3-5,8-10,16-17,21,32H,6-7,11-15H2,1-2H3/t21-,27-. The summed E-state index contributed by atoms with van der Waals surface area (Å²) in [7, 11) is 3.56. The lowest BCUT2D eigenvalue weighted by molar-refractivity contribution is -0.138. The summed E-state index contributed by atoms with van der Waals surface area (Å²) in [5.41, 5.74) is 0.945. The predicted octanol–water partition coefficient (Wildman–Crippen LogP) is 4.59. The summed E-state index contributed by atoms with van der Waals surface area (Å²) in [5.74, 6) is 0.986. The minimum absolute atomic E-state index is 0.0324. The number of alkyl halides is 3. The Balaban J connectivity index is 1.33. The van der Waals surface area contributed by atoms with Gasteiger partial charge >= 0.3 is 6.18 Å². The molecular weight excluding hydrogens is 495 g/mol. The first-order chi connectivity index (χ1) is 18.2. The van der Waals surface area contributed by atoms with E-state index < -0.39 is 23.1 Å². The Morgan fingerprint density at radius 3 is 2.63 bits per heavy atom. The highest BCUT2D eigenvalue weighted by molar-refractivity contribution is 6.10. The topological polar surface area (TPSA) is 72.3 Å². The molecule has 2 aliphatic carbocycles. The normalized spacial score (nSPS) is 23.0. The molecule has 0 bridgehead atoms. The van der Waals surface area contributed by atoms with Gasteiger partial charge < -0.3 is 19.5 Å². The minimum atomic E-state index is -4.55. The van der Waals surface area contributed by atoms with Crippen LogP contribution in [-0.4, -0.2) is 40.4 Å². The summed E-state index contributed by atoms with van der Waals surface area (Å²) in [4.78, 5) is 15.0. The maximum absolute atomic E-state index is 14.1. The van der Waals surface area contributed by atoms with Crippen LogP contribution < -0.4 is 10.2 Å². The number of carbonyl (C=O) groups excluding carboxylic acids is 1. The van der Waals surface area contributed by atoms with E-state index in [2.05, 4.69) is 15.5 Å². The number of methoxy groups -OCH3 is 1. The maximum Gasteiger partial charge on any atom is 0.416 e. The third-order valence-electron chi connectivity index (χ3n) is 8.20. The van der Waals surface area contributed by atoms with E-state index in [1.54, 1.807) is 25.6 Å². The summed E-state index contributed by atoms with van der Waals surface area (Å²) >= 11 is 0. The number of nitrogens with zero attached hydrogens (tertiary/aromatic N) is 4. The zero-order valence-electron chi connectivity index (χ0n) is 21.4. The van der Waals surface area contributed by atoms with Crippen LogP contribution in [0.4, 0.5) is 18.9 Å². The van der Waals surface area contributed by atoms with Gasteiger partial charge in [-0.15, -0.1) is 10.2 Å². The number of amides is 1. The lowest BCUT2D eigenvalue weighted by Crippen LogP contribution is -2.48. The van der Waals surface area contributed by atoms with Crippen LogP contribution in [0.25, 0.3) is 0 Å². The number of ether oxygens (including phenoxy) is 1. The second-order valence-electron chi connectivity index (χ2n) is 10.8. The highest BCUT2D eigenvalue weighted by atomic mass is 19.4. The highest BCUT2D eigenvalue weighted by Gasteiger charge is 2.50. The average Bonchev–Trinajstić information content (AvgIpc) is 3.50. The molecule has 1 aliphatic heterocycles. The Hall–Kier alpha value is -3.24. The van der Waals surface area contributed by atoms with E-state index in [0.717, 1.165) is 30.8 Å². The van der Waals surface area contributed by atoms with Crippen molar-refractivity contribution in [1.82, 2.24) is 20.1 Å². The number of fused-ring (bicyclic) bond motifs is 1. The lowest BCUT2D eigenvalue weighted by Gasteiger charge is -2.46. The molecule has 0 radical (unpaired) electrons. The SMILES string of the molecule is CO[C@H]1C[C@](c2cccc(N3Cc4c(cc(CNCC5CC5)cc4C(F)(F)F)C3=O)c2)(c2nncn2C)C1. The largest absolute Gasteiger partial charge is 0.416 e. The molecule has 0 atom stereocenters. The number of aryl methyl sites for hydroxylation is 1. The van der Waals surface area contributed by atoms with Crippen LogP contribution in [0, 0.1) is 5.92 Å². The van der Waals surface area contributed by atoms with Gasteiger partial charge in [0.1, 0.15) is 12.2 Å². The van der Waals surface area contributed by atoms with Gasteiger partial charge in [0.05, 0.1) is 23.6 Å². The average molecular weight is 526 g/mol. The Morgan fingerprint density at radius 1 is 1.18 bits per heavy atom. The number of aromatic nitrogens is 3. The van der Waals surface area contributed by atoms with E-state index in [4.69, 9.17) is 4.74 Å². The molecule has 200 valence electrons. The third-order valence-corrected chi connectivity index (χ3v) is 8.20. The van der Waals surface area contributed by atoms with Crippen molar-refractivity contribution in [1.29, 1.82) is 0 Å². The monoisotopic (exact) mass is 525 g/mol. The van der Waals surface area contributed by atoms with Crippen molar-refractivity contribution >= 4 is 11.6 Å². The zero-order valence-corrected chi connectivity index (χ0v) is 21.4. The van der Waals surface area contributed by atoms with Crippen LogP contribution in [0.3, 0.4) is 0 Å². The summed E-state index contributed by atoms with van der Waals surface area (Å²) < 4.78 is 49.7. The Labute approximate surface area is 219 Å². The lowest BCUT2D eigenvalue weighted by atomic mass is 9.62. The van der Waals surface area contributed by atoms with Crippen molar-refractivity contribution < 1.29 is 22.7 Å². The summed E-state index contributed by atoms with van der Waals surface area (Å²) in [6.07, 6.45) is 0.868. The van der Waals surface area contributed by atoms with Gasteiger partial charge in [-0.05, 0) is 79.1 Å². The Morgan fingerprint density at radius 2 is 1.97 bits per heavy atom. The summed E-state index contributed by atoms with van der Waals surface area (Å²) in [6, 6.07) is 10.3. The second-order valence-corrected chi connectivity index (χ2v) is 10.8. The van der Waals surface area contributed by atoms with Crippen LogP contribution in [0.1, 0.15) is 64.1 Å². The number of anilines is 1. The first kappa shape index (κ1) is 25.1. The van der Waals surface area contributed by atoms with E-state index in [-0.39, 0.29) is 23.8 Å². The molecule has 10 heteroatoms. The van der Waals surface area contributed by atoms with Crippen molar-refractivity contribution in [3.8, 4) is 0 Å². The fraction of sp³-hybridized carbons (Fsp3) is 0.464. The first-order valence-corrected chi connectivity index (χ1v) is 12.9. The number of hydrogen-bond donors (Lipinski definition) is 1. The van der Waals surface area contributed by atoms with Gasteiger partial charge in [0, 0.05) is 32.0 Å². The van der Waals surface area contributed by atoms with Crippen molar-refractivity contribution in [2.45, 2.75) is 56.5 Å². The fourth-order valence-corrected chi connectivity index (χ4v) is 5.89. The van der Waals surface area contributed by atoms with E-state index in [9.17, 15) is 18.0 Å². The van der Waals surface area contributed by atoms with Gasteiger partial charge in [-0.3, -0.25) is 4.79 Å². The van der Waals surface area contributed by atoms with Crippen molar-refractivity contribution in [2.75, 3.05) is 18.6 Å². The van der Waals surface area contributed by atoms with E-state index in [1.165, 1.54) is 11.0 Å². The number of rotatable bonds is 8. The molecular formula is C28H30F3N5O2. The number of nitrogens with one attached hydrogen (secondary N) is 1. The molecule has 2 aromatic carbocycles. The molecule has 1 N–H and O–H groups in total. The Bertz CT molecular complexity index is 1380. The summed E-state index contributed by atoms with van der Waals surface area (Å²) in [6.45, 7) is 0.957. The quantitative estimate of drug-likeness (QED) is 0.466. The molecule has 1 amide bonds. The third kappa shape index (κ3) is 4.29. The molecule has 3 aromatic rings. The second kappa shape index (κ2) is 9.20. The molecule has 7 nitrogen and oxygen atoms in total. The first-order valence-electron chi connectivity index (χ1n) is 12.9. The number of halogens is 3. The highest BCUT2D eigenvalue weighted by Crippen LogP contribution is 2.50. The van der Waals surface area contributed by atoms with Gasteiger partial charge in [-0.1, -0.05) is 12.1 Å². The van der Waals surface area contributed by atoms with Gasteiger partial charge in [-0.2, -0.15) is 13.2 Å². The predicted molar refractivity (Wildman–Crippen MR) is 135 cm³/mol. The van der Waals surface area contributed by atoms with E-state index >= 15 is 0 Å².